The summed E-state index contributed by atoms with van der Waals surface area (Å²) in [4.78, 5) is 36.4. The highest BCUT2D eigenvalue weighted by atomic mass is 16.6. The molecule has 2 saturated carbocycles. The van der Waals surface area contributed by atoms with Gasteiger partial charge in [0.1, 0.15) is 17.8 Å². The normalized spacial score (nSPS) is 35.2. The van der Waals surface area contributed by atoms with E-state index < -0.39 is 35.3 Å². The molecule has 2 N–H and O–H groups in total. The van der Waals surface area contributed by atoms with Gasteiger partial charge in [-0.2, -0.15) is 0 Å². The van der Waals surface area contributed by atoms with E-state index in [1.165, 1.54) is 20.8 Å². The second-order valence-electron chi connectivity index (χ2n) is 9.55. The van der Waals surface area contributed by atoms with Crippen LogP contribution in [0.15, 0.2) is 11.1 Å². The van der Waals surface area contributed by atoms with Crippen molar-refractivity contribution >= 4 is 17.7 Å². The van der Waals surface area contributed by atoms with Crippen molar-refractivity contribution in [1.29, 1.82) is 0 Å². The summed E-state index contributed by atoms with van der Waals surface area (Å²) >= 11 is 0. The number of esters is 2. The number of Topliss-reactive ketones (excluding diaryl/α,β-unsaturated/α-hetero) is 1. The topological polar surface area (TPSA) is 110 Å². The van der Waals surface area contributed by atoms with Crippen LogP contribution in [0, 0.1) is 11.3 Å². The smallest absolute Gasteiger partial charge is 0.342 e. The maximum absolute atomic E-state index is 12.7. The van der Waals surface area contributed by atoms with Gasteiger partial charge >= 0.3 is 11.9 Å². The van der Waals surface area contributed by atoms with E-state index in [-0.39, 0.29) is 17.1 Å². The van der Waals surface area contributed by atoms with E-state index in [1.807, 2.05) is 20.8 Å². The summed E-state index contributed by atoms with van der Waals surface area (Å²) in [6, 6.07) is 0. The van der Waals surface area contributed by atoms with Crippen molar-refractivity contribution < 1.29 is 34.1 Å². The molecule has 29 heavy (non-hydrogen) atoms. The van der Waals surface area contributed by atoms with E-state index in [4.69, 9.17) is 9.47 Å². The molecule has 7 nitrogen and oxygen atoms in total. The molecule has 0 radical (unpaired) electrons. The maximum atomic E-state index is 12.7. The molecular formula is C22H34O7. The minimum absolute atomic E-state index is 0.119. The third kappa shape index (κ3) is 4.40. The Bertz CT molecular complexity index is 729. The SMILES string of the molecule is CC(=O)OC(C)C(C)(O)C(=O)OC1CCC2(C)CC(=O)C(=C(C)C)CC2C1(C)O. The molecule has 0 aromatic rings. The van der Waals surface area contributed by atoms with Gasteiger partial charge in [-0.15, -0.1) is 0 Å². The molecule has 2 rings (SSSR count). The number of fused-ring (bicyclic) bond motifs is 1. The van der Waals surface area contributed by atoms with Gasteiger partial charge < -0.3 is 19.7 Å². The minimum Gasteiger partial charge on any atom is -0.459 e. The van der Waals surface area contributed by atoms with Crippen molar-refractivity contribution in [2.75, 3.05) is 0 Å². The molecule has 2 aliphatic rings. The number of hydrogen-bond acceptors (Lipinski definition) is 7. The van der Waals surface area contributed by atoms with Gasteiger partial charge in [0.05, 0.1) is 0 Å². The zero-order chi connectivity index (χ0) is 22.4. The summed E-state index contributed by atoms with van der Waals surface area (Å²) in [6.07, 6.45) is -0.155. The molecule has 0 spiro atoms. The predicted octanol–water partition coefficient (Wildman–Crippen LogP) is 2.47. The van der Waals surface area contributed by atoms with E-state index >= 15 is 0 Å². The maximum Gasteiger partial charge on any atom is 0.342 e. The first-order valence-electron chi connectivity index (χ1n) is 10.2. The largest absolute Gasteiger partial charge is 0.459 e. The summed E-state index contributed by atoms with van der Waals surface area (Å²) in [6.45, 7) is 11.2. The molecule has 0 bridgehead atoms. The van der Waals surface area contributed by atoms with Crippen LogP contribution in [0.4, 0.5) is 0 Å². The summed E-state index contributed by atoms with van der Waals surface area (Å²) in [5.41, 5.74) is -2.13. The number of ketones is 1. The predicted molar refractivity (Wildman–Crippen MR) is 106 cm³/mol. The Labute approximate surface area is 172 Å². The molecule has 0 heterocycles. The van der Waals surface area contributed by atoms with Crippen LogP contribution in [-0.2, 0) is 23.9 Å². The van der Waals surface area contributed by atoms with Gasteiger partial charge in [0.25, 0.3) is 0 Å². The molecule has 6 atom stereocenters. The molecule has 0 aromatic heterocycles. The van der Waals surface area contributed by atoms with E-state index in [9.17, 15) is 24.6 Å². The molecule has 7 heteroatoms. The molecule has 2 fully saturated rings. The van der Waals surface area contributed by atoms with Gasteiger partial charge in [-0.25, -0.2) is 4.79 Å². The van der Waals surface area contributed by atoms with Gasteiger partial charge in [0.15, 0.2) is 11.4 Å². The van der Waals surface area contributed by atoms with E-state index in [0.717, 1.165) is 11.1 Å². The number of carbonyl (C=O) groups is 3. The van der Waals surface area contributed by atoms with Crippen molar-refractivity contribution in [2.45, 2.75) is 97.6 Å². The van der Waals surface area contributed by atoms with Gasteiger partial charge in [-0.05, 0) is 64.9 Å². The lowest BCUT2D eigenvalue weighted by Crippen LogP contribution is -2.61. The summed E-state index contributed by atoms with van der Waals surface area (Å²) in [5, 5.41) is 21.9. The quantitative estimate of drug-likeness (QED) is 0.541. The fraction of sp³-hybridized carbons (Fsp3) is 0.773. The summed E-state index contributed by atoms with van der Waals surface area (Å²) < 4.78 is 10.5. The lowest BCUT2D eigenvalue weighted by atomic mass is 9.53. The van der Waals surface area contributed by atoms with Crippen LogP contribution in [0.1, 0.15) is 74.1 Å². The van der Waals surface area contributed by atoms with Crippen LogP contribution in [0.5, 0.6) is 0 Å². The Kier molecular flexibility index (Phi) is 6.36. The third-order valence-corrected chi connectivity index (χ3v) is 6.89. The third-order valence-electron chi connectivity index (χ3n) is 6.89. The first-order valence-corrected chi connectivity index (χ1v) is 10.2. The molecule has 0 aliphatic heterocycles. The molecule has 6 unspecified atom stereocenters. The van der Waals surface area contributed by atoms with Crippen molar-refractivity contribution in [2.24, 2.45) is 11.3 Å². The number of ether oxygens (including phenoxy) is 2. The van der Waals surface area contributed by atoms with Crippen molar-refractivity contribution in [3.8, 4) is 0 Å². The highest BCUT2D eigenvalue weighted by Crippen LogP contribution is 2.55. The Balaban J connectivity index is 2.24. The zero-order valence-corrected chi connectivity index (χ0v) is 18.5. The van der Waals surface area contributed by atoms with E-state index in [1.54, 1.807) is 6.92 Å². The van der Waals surface area contributed by atoms with Gasteiger partial charge in [-0.1, -0.05) is 12.5 Å². The fourth-order valence-corrected chi connectivity index (χ4v) is 4.75. The number of allylic oxidation sites excluding steroid dienone is 2. The number of carbonyl (C=O) groups excluding carboxylic acids is 3. The molecule has 0 amide bonds. The highest BCUT2D eigenvalue weighted by molar-refractivity contribution is 5.97. The lowest BCUT2D eigenvalue weighted by molar-refractivity contribution is -0.217. The first-order chi connectivity index (χ1) is 13.1. The zero-order valence-electron chi connectivity index (χ0n) is 18.5. The van der Waals surface area contributed by atoms with Gasteiger partial charge in [-0.3, -0.25) is 9.59 Å². The first kappa shape index (κ1) is 23.5. The van der Waals surface area contributed by atoms with E-state index in [2.05, 4.69) is 0 Å². The van der Waals surface area contributed by atoms with Crippen molar-refractivity contribution in [1.82, 2.24) is 0 Å². The lowest BCUT2D eigenvalue weighted by Gasteiger charge is -2.55. The number of hydrogen-bond donors (Lipinski definition) is 2. The van der Waals surface area contributed by atoms with Crippen LogP contribution in [0.2, 0.25) is 0 Å². The van der Waals surface area contributed by atoms with Gasteiger partial charge in [0, 0.05) is 19.3 Å². The van der Waals surface area contributed by atoms with Crippen molar-refractivity contribution in [3.63, 3.8) is 0 Å². The monoisotopic (exact) mass is 410 g/mol. The van der Waals surface area contributed by atoms with Crippen LogP contribution in [0.3, 0.4) is 0 Å². The Hall–Kier alpha value is -1.73. The number of aliphatic hydroxyl groups is 2. The summed E-state index contributed by atoms with van der Waals surface area (Å²) in [7, 11) is 0. The Morgan fingerprint density at radius 1 is 1.24 bits per heavy atom. The van der Waals surface area contributed by atoms with Crippen LogP contribution in [0.25, 0.3) is 0 Å². The minimum atomic E-state index is -2.05. The average Bonchev–Trinajstić information content (AvgIpc) is 2.55. The second-order valence-corrected chi connectivity index (χ2v) is 9.55. The summed E-state index contributed by atoms with van der Waals surface area (Å²) in [5.74, 6) is -1.71. The Morgan fingerprint density at radius 2 is 1.83 bits per heavy atom. The molecule has 2 aliphatic carbocycles. The van der Waals surface area contributed by atoms with Crippen LogP contribution in [-0.4, -0.2) is 51.3 Å². The molecular weight excluding hydrogens is 376 g/mol. The Morgan fingerprint density at radius 3 is 2.34 bits per heavy atom. The molecule has 164 valence electrons. The highest BCUT2D eigenvalue weighted by Gasteiger charge is 2.58. The van der Waals surface area contributed by atoms with Gasteiger partial charge in [0.2, 0.25) is 0 Å². The second kappa shape index (κ2) is 7.84. The van der Waals surface area contributed by atoms with E-state index in [0.29, 0.717) is 25.7 Å². The molecule has 0 saturated heterocycles. The average molecular weight is 411 g/mol. The standard InChI is InChI=1S/C22H34O7/c1-12(2)15-10-17-20(5,11-16(15)24)9-8-18(22(17,7)27)29-19(25)21(6,26)13(3)28-14(4)23/h13,17-18,26-27H,8-11H2,1-7H3. The van der Waals surface area contributed by atoms with Crippen LogP contribution >= 0.6 is 0 Å². The fourth-order valence-electron chi connectivity index (χ4n) is 4.75. The molecule has 0 aromatic carbocycles. The van der Waals surface area contributed by atoms with Crippen molar-refractivity contribution in [3.05, 3.63) is 11.1 Å². The van der Waals surface area contributed by atoms with Crippen LogP contribution < -0.4 is 0 Å². The number of rotatable bonds is 4.